The second-order valence-corrected chi connectivity index (χ2v) is 8.34. The molecular formula is C22H15F2N3O5S. The number of nitrogens with zero attached hydrogens (tertiary/aromatic N) is 2. The van der Waals surface area contributed by atoms with Crippen molar-refractivity contribution in [3.8, 4) is 23.3 Å². The molecule has 0 aliphatic rings. The lowest BCUT2D eigenvalue weighted by molar-refractivity contribution is 0.411. The standard InChI is InChI=1S/C22H15F2N3O5S/c1-31-20-12-14(3-2-9-23)17(24)13-19(20)27-18-6-5-16(11-15(18)4-7-22(27)28)33(29,30)26-21-8-10-32-25-21/h4-8,10-13H,9H2,1H3,(H,25,26). The molecule has 0 bridgehead atoms. The lowest BCUT2D eigenvalue weighted by Crippen LogP contribution is -2.19. The molecule has 0 aliphatic heterocycles. The third-order valence-corrected chi connectivity index (χ3v) is 6.00. The summed E-state index contributed by atoms with van der Waals surface area (Å²) in [6.45, 7) is -0.941. The number of hydrogen-bond donors (Lipinski definition) is 1. The molecule has 0 radical (unpaired) electrons. The number of alkyl halides is 1. The van der Waals surface area contributed by atoms with Gasteiger partial charge in [0.1, 0.15) is 17.8 Å². The molecule has 0 spiro atoms. The van der Waals surface area contributed by atoms with Crippen molar-refractivity contribution in [2.75, 3.05) is 18.5 Å². The van der Waals surface area contributed by atoms with Crippen LogP contribution in [0, 0.1) is 17.7 Å². The molecule has 0 unspecified atom stereocenters. The lowest BCUT2D eigenvalue weighted by Gasteiger charge is -2.15. The highest BCUT2D eigenvalue weighted by molar-refractivity contribution is 7.92. The number of pyridine rings is 1. The summed E-state index contributed by atoms with van der Waals surface area (Å²) < 4.78 is 65.7. The number of halogens is 2. The summed E-state index contributed by atoms with van der Waals surface area (Å²) in [5.74, 6) is 3.86. The molecule has 0 saturated heterocycles. The van der Waals surface area contributed by atoms with Crippen molar-refractivity contribution in [3.05, 3.63) is 76.5 Å². The van der Waals surface area contributed by atoms with E-state index in [0.717, 1.165) is 6.07 Å². The van der Waals surface area contributed by atoms with Crippen LogP contribution in [0.2, 0.25) is 0 Å². The zero-order valence-electron chi connectivity index (χ0n) is 17.0. The van der Waals surface area contributed by atoms with Gasteiger partial charge in [-0.3, -0.25) is 14.1 Å². The molecule has 2 aromatic heterocycles. The summed E-state index contributed by atoms with van der Waals surface area (Å²) in [6, 6.07) is 10.4. The van der Waals surface area contributed by atoms with Crippen molar-refractivity contribution >= 4 is 26.7 Å². The minimum atomic E-state index is -3.99. The van der Waals surface area contributed by atoms with Crippen LogP contribution in [0.15, 0.2) is 69.0 Å². The summed E-state index contributed by atoms with van der Waals surface area (Å²) in [5.41, 5.74) is -0.205. The van der Waals surface area contributed by atoms with Crippen molar-refractivity contribution in [2.45, 2.75) is 4.90 Å². The Labute approximate surface area is 186 Å². The summed E-state index contributed by atoms with van der Waals surface area (Å²) in [5, 5.41) is 3.91. The Morgan fingerprint density at radius 3 is 2.70 bits per heavy atom. The molecule has 1 N–H and O–H groups in total. The van der Waals surface area contributed by atoms with Gasteiger partial charge in [-0.1, -0.05) is 17.0 Å². The lowest BCUT2D eigenvalue weighted by atomic mass is 10.1. The van der Waals surface area contributed by atoms with E-state index in [-0.39, 0.29) is 27.7 Å². The maximum atomic E-state index is 14.6. The first-order valence-electron chi connectivity index (χ1n) is 9.36. The molecule has 33 heavy (non-hydrogen) atoms. The topological polar surface area (TPSA) is 103 Å². The van der Waals surface area contributed by atoms with E-state index < -0.39 is 28.1 Å². The molecule has 8 nitrogen and oxygen atoms in total. The van der Waals surface area contributed by atoms with Gasteiger partial charge >= 0.3 is 0 Å². The monoisotopic (exact) mass is 471 g/mol. The highest BCUT2D eigenvalue weighted by Gasteiger charge is 2.19. The fraction of sp³-hybridized carbons (Fsp3) is 0.0909. The first-order valence-corrected chi connectivity index (χ1v) is 10.8. The number of anilines is 1. The van der Waals surface area contributed by atoms with Crippen molar-refractivity contribution in [3.63, 3.8) is 0 Å². The Hall–Kier alpha value is -4.17. The average molecular weight is 471 g/mol. The molecule has 11 heteroatoms. The van der Waals surface area contributed by atoms with Crippen LogP contribution in [0.25, 0.3) is 16.6 Å². The number of rotatable bonds is 5. The highest BCUT2D eigenvalue weighted by Crippen LogP contribution is 2.29. The number of hydrogen-bond acceptors (Lipinski definition) is 6. The van der Waals surface area contributed by atoms with Crippen LogP contribution >= 0.6 is 0 Å². The predicted octanol–water partition coefficient (Wildman–Crippen LogP) is 3.25. The van der Waals surface area contributed by atoms with Crippen LogP contribution in [0.4, 0.5) is 14.6 Å². The molecular weight excluding hydrogens is 456 g/mol. The van der Waals surface area contributed by atoms with Gasteiger partial charge in [-0.05, 0) is 24.3 Å². The van der Waals surface area contributed by atoms with E-state index in [1.165, 1.54) is 60.4 Å². The number of methoxy groups -OCH3 is 1. The fourth-order valence-corrected chi connectivity index (χ4v) is 4.23. The van der Waals surface area contributed by atoms with Gasteiger partial charge in [0.2, 0.25) is 0 Å². The third-order valence-electron chi connectivity index (χ3n) is 4.65. The van der Waals surface area contributed by atoms with E-state index >= 15 is 0 Å². The summed E-state index contributed by atoms with van der Waals surface area (Å²) in [7, 11) is -2.65. The van der Waals surface area contributed by atoms with E-state index in [1.54, 1.807) is 0 Å². The van der Waals surface area contributed by atoms with Crippen LogP contribution in [0.3, 0.4) is 0 Å². The van der Waals surface area contributed by atoms with Gasteiger partial charge in [-0.2, -0.15) is 0 Å². The second kappa shape index (κ2) is 8.76. The van der Waals surface area contributed by atoms with Crippen LogP contribution < -0.4 is 15.0 Å². The molecule has 0 amide bonds. The Morgan fingerprint density at radius 2 is 2.00 bits per heavy atom. The number of ether oxygens (including phenoxy) is 1. The smallest absolute Gasteiger partial charge is 0.263 e. The van der Waals surface area contributed by atoms with Crippen molar-refractivity contribution in [1.29, 1.82) is 0 Å². The second-order valence-electron chi connectivity index (χ2n) is 6.66. The van der Waals surface area contributed by atoms with Gasteiger partial charge in [0.15, 0.2) is 12.5 Å². The Morgan fingerprint density at radius 1 is 1.18 bits per heavy atom. The normalized spacial score (nSPS) is 11.1. The van der Waals surface area contributed by atoms with Crippen molar-refractivity contribution in [1.82, 2.24) is 9.72 Å². The predicted molar refractivity (Wildman–Crippen MR) is 116 cm³/mol. The van der Waals surface area contributed by atoms with Gasteiger partial charge in [-0.25, -0.2) is 17.2 Å². The third kappa shape index (κ3) is 4.28. The maximum Gasteiger partial charge on any atom is 0.263 e. The number of benzene rings is 2. The largest absolute Gasteiger partial charge is 0.495 e. The van der Waals surface area contributed by atoms with Gasteiger partial charge in [-0.15, -0.1) is 0 Å². The quantitative estimate of drug-likeness (QED) is 0.448. The van der Waals surface area contributed by atoms with Gasteiger partial charge in [0.25, 0.3) is 15.6 Å². The van der Waals surface area contributed by atoms with E-state index in [0.29, 0.717) is 10.9 Å². The van der Waals surface area contributed by atoms with Gasteiger partial charge < -0.3 is 9.26 Å². The van der Waals surface area contributed by atoms with Gasteiger partial charge in [0, 0.05) is 29.7 Å². The first kappa shape index (κ1) is 22.0. The van der Waals surface area contributed by atoms with Gasteiger partial charge in [0.05, 0.1) is 28.8 Å². The molecule has 0 saturated carbocycles. The van der Waals surface area contributed by atoms with Crippen molar-refractivity contribution < 1.29 is 26.5 Å². The minimum Gasteiger partial charge on any atom is -0.495 e. The summed E-state index contributed by atoms with van der Waals surface area (Å²) >= 11 is 0. The molecule has 168 valence electrons. The summed E-state index contributed by atoms with van der Waals surface area (Å²) in [4.78, 5) is 12.6. The first-order chi connectivity index (χ1) is 15.8. The van der Waals surface area contributed by atoms with Crippen molar-refractivity contribution in [2.24, 2.45) is 0 Å². The van der Waals surface area contributed by atoms with Crippen LogP contribution in [-0.2, 0) is 10.0 Å². The Kier molecular flexibility index (Phi) is 5.85. The van der Waals surface area contributed by atoms with E-state index in [1.807, 2.05) is 0 Å². The molecule has 2 aromatic carbocycles. The number of nitrogens with one attached hydrogen (secondary N) is 1. The molecule has 4 rings (SSSR count). The molecule has 2 heterocycles. The van der Waals surface area contributed by atoms with E-state index in [4.69, 9.17) is 4.74 Å². The molecule has 4 aromatic rings. The molecule has 0 fully saturated rings. The van der Waals surface area contributed by atoms with E-state index in [9.17, 15) is 22.0 Å². The maximum absolute atomic E-state index is 14.6. The number of fused-ring (bicyclic) bond motifs is 1. The minimum absolute atomic E-state index is 0.0104. The van der Waals surface area contributed by atoms with E-state index in [2.05, 4.69) is 26.2 Å². The zero-order chi connectivity index (χ0) is 23.6. The number of sulfonamides is 1. The van der Waals surface area contributed by atoms with Crippen LogP contribution in [0.1, 0.15) is 5.56 Å². The zero-order valence-corrected chi connectivity index (χ0v) is 17.8. The summed E-state index contributed by atoms with van der Waals surface area (Å²) in [6.07, 6.45) is 1.22. The average Bonchev–Trinajstić information content (AvgIpc) is 3.30. The SMILES string of the molecule is COc1cc(C#CCF)c(F)cc1-n1c(=O)ccc2cc(S(=O)(=O)Nc3ccon3)ccc21. The van der Waals surface area contributed by atoms with Crippen LogP contribution in [-0.4, -0.2) is 31.9 Å². The highest BCUT2D eigenvalue weighted by atomic mass is 32.2. The fourth-order valence-electron chi connectivity index (χ4n) is 3.21. The Bertz CT molecular complexity index is 1570. The molecule has 0 atom stereocenters. The molecule has 0 aliphatic carbocycles. The Balaban J connectivity index is 1.87. The van der Waals surface area contributed by atoms with Crippen LogP contribution in [0.5, 0.6) is 5.75 Å². The number of aromatic nitrogens is 2.